The molecule has 2 aromatic heterocycles. The Morgan fingerprint density at radius 3 is 2.65 bits per heavy atom. The number of aromatic nitrogens is 2. The minimum atomic E-state index is 0.0954. The molecule has 20 heavy (non-hydrogen) atoms. The van der Waals surface area contributed by atoms with Crippen LogP contribution in [0.1, 0.15) is 11.4 Å². The molecule has 0 bridgehead atoms. The number of thiazole rings is 1. The molecule has 3 rings (SSSR count). The number of Topliss-reactive ketones (excluding diaryl/α,β-unsaturated/α-hetero) is 1. The van der Waals surface area contributed by atoms with Crippen molar-refractivity contribution < 1.29 is 4.79 Å². The van der Waals surface area contributed by atoms with Crippen LogP contribution in [0.15, 0.2) is 41.8 Å². The monoisotopic (exact) mass is 283 g/mol. The zero-order chi connectivity index (χ0) is 13.9. The lowest BCUT2D eigenvalue weighted by Crippen LogP contribution is -2.08. The zero-order valence-corrected chi connectivity index (χ0v) is 11.6. The van der Waals surface area contributed by atoms with E-state index in [1.807, 2.05) is 41.8 Å². The van der Waals surface area contributed by atoms with Gasteiger partial charge in [-0.15, -0.1) is 11.3 Å². The molecule has 0 saturated heterocycles. The number of nitrogens with two attached hydrogens (primary N) is 1. The summed E-state index contributed by atoms with van der Waals surface area (Å²) in [5.74, 6) is 0.0954. The Morgan fingerprint density at radius 2 is 1.85 bits per heavy atom. The van der Waals surface area contributed by atoms with Gasteiger partial charge in [-0.1, -0.05) is 24.3 Å². The van der Waals surface area contributed by atoms with E-state index in [1.54, 1.807) is 0 Å². The van der Waals surface area contributed by atoms with Gasteiger partial charge < -0.3 is 5.73 Å². The van der Waals surface area contributed by atoms with Gasteiger partial charge in [0.25, 0.3) is 0 Å². The van der Waals surface area contributed by atoms with Gasteiger partial charge in [0.05, 0.1) is 17.6 Å². The summed E-state index contributed by atoms with van der Waals surface area (Å²) in [4.78, 5) is 20.6. The Hall–Kier alpha value is -2.27. The third-order valence-corrected chi connectivity index (χ3v) is 3.70. The molecule has 0 saturated carbocycles. The molecule has 2 heterocycles. The van der Waals surface area contributed by atoms with Crippen LogP contribution in [0.3, 0.4) is 0 Å². The minimum Gasteiger partial charge on any atom is -0.375 e. The molecule has 0 radical (unpaired) electrons. The van der Waals surface area contributed by atoms with E-state index in [4.69, 9.17) is 5.73 Å². The smallest absolute Gasteiger partial charge is 0.180 e. The fraction of sp³-hybridized carbons (Fsp3) is 0.133. The van der Waals surface area contributed by atoms with Crippen molar-refractivity contribution in [3.05, 3.63) is 53.2 Å². The highest BCUT2D eigenvalue weighted by Gasteiger charge is 2.09. The number of carbonyl (C=O) groups is 1. The maximum Gasteiger partial charge on any atom is 0.180 e. The van der Waals surface area contributed by atoms with Crippen LogP contribution in [0.5, 0.6) is 0 Å². The number of anilines is 1. The minimum absolute atomic E-state index is 0.0954. The third-order valence-electron chi connectivity index (χ3n) is 2.98. The molecule has 0 atom stereocenters. The number of benzene rings is 1. The number of carbonyl (C=O) groups excluding carboxylic acids is 1. The molecule has 0 spiro atoms. The number of pyridine rings is 1. The van der Waals surface area contributed by atoms with Gasteiger partial charge in [0.1, 0.15) is 5.78 Å². The SMILES string of the molecule is Nc1nc(CC(=O)Cc2ccc3ccccc3n2)cs1. The summed E-state index contributed by atoms with van der Waals surface area (Å²) in [7, 11) is 0. The lowest BCUT2D eigenvalue weighted by Gasteiger charge is -2.02. The van der Waals surface area contributed by atoms with Gasteiger partial charge in [0.2, 0.25) is 0 Å². The number of nitrogens with zero attached hydrogens (tertiary/aromatic N) is 2. The van der Waals surface area contributed by atoms with Gasteiger partial charge in [0, 0.05) is 22.9 Å². The highest BCUT2D eigenvalue weighted by atomic mass is 32.1. The number of hydrogen-bond donors (Lipinski definition) is 1. The van der Waals surface area contributed by atoms with E-state index in [0.29, 0.717) is 18.0 Å². The van der Waals surface area contributed by atoms with Crippen LogP contribution in [0, 0.1) is 0 Å². The van der Waals surface area contributed by atoms with Crippen LogP contribution in [-0.4, -0.2) is 15.8 Å². The first-order valence-corrected chi connectivity index (χ1v) is 7.15. The maximum absolute atomic E-state index is 12.0. The second-order valence-electron chi connectivity index (χ2n) is 4.56. The molecule has 0 unspecified atom stereocenters. The molecule has 0 fully saturated rings. The van der Waals surface area contributed by atoms with E-state index >= 15 is 0 Å². The Bertz CT molecular complexity index is 766. The average molecular weight is 283 g/mol. The van der Waals surface area contributed by atoms with E-state index in [2.05, 4.69) is 9.97 Å². The van der Waals surface area contributed by atoms with Crippen molar-refractivity contribution in [1.29, 1.82) is 0 Å². The topological polar surface area (TPSA) is 68.9 Å². The van der Waals surface area contributed by atoms with Gasteiger partial charge in [-0.05, 0) is 12.1 Å². The van der Waals surface area contributed by atoms with Crippen molar-refractivity contribution in [2.75, 3.05) is 5.73 Å². The Balaban J connectivity index is 1.73. The first-order chi connectivity index (χ1) is 9.70. The summed E-state index contributed by atoms with van der Waals surface area (Å²) in [6.45, 7) is 0. The Morgan fingerprint density at radius 1 is 1.05 bits per heavy atom. The summed E-state index contributed by atoms with van der Waals surface area (Å²) in [5.41, 5.74) is 7.99. The van der Waals surface area contributed by atoms with Crippen molar-refractivity contribution >= 4 is 33.2 Å². The number of fused-ring (bicyclic) bond motifs is 1. The fourth-order valence-electron chi connectivity index (χ4n) is 2.08. The summed E-state index contributed by atoms with van der Waals surface area (Å²) >= 11 is 1.35. The van der Waals surface area contributed by atoms with Crippen molar-refractivity contribution in [2.24, 2.45) is 0 Å². The van der Waals surface area contributed by atoms with Gasteiger partial charge in [-0.2, -0.15) is 0 Å². The quantitative estimate of drug-likeness (QED) is 0.799. The fourth-order valence-corrected chi connectivity index (χ4v) is 2.64. The largest absolute Gasteiger partial charge is 0.375 e. The van der Waals surface area contributed by atoms with Crippen LogP contribution >= 0.6 is 11.3 Å². The molecule has 0 aliphatic heterocycles. The van der Waals surface area contributed by atoms with E-state index in [9.17, 15) is 4.79 Å². The maximum atomic E-state index is 12.0. The standard InChI is InChI=1S/C15H13N3OS/c16-15-18-12(9-20-15)8-13(19)7-11-6-5-10-3-1-2-4-14(10)17-11/h1-6,9H,7-8H2,(H2,16,18). The van der Waals surface area contributed by atoms with Crippen LogP contribution < -0.4 is 5.73 Å². The van der Waals surface area contributed by atoms with Crippen molar-refractivity contribution in [1.82, 2.24) is 9.97 Å². The molecule has 0 amide bonds. The lowest BCUT2D eigenvalue weighted by molar-refractivity contribution is -0.117. The zero-order valence-electron chi connectivity index (χ0n) is 10.7. The highest BCUT2D eigenvalue weighted by molar-refractivity contribution is 7.13. The van der Waals surface area contributed by atoms with E-state index < -0.39 is 0 Å². The molecule has 1 aromatic carbocycles. The third kappa shape index (κ3) is 2.83. The first kappa shape index (κ1) is 12.7. The van der Waals surface area contributed by atoms with E-state index in [1.165, 1.54) is 11.3 Å². The normalized spacial score (nSPS) is 10.8. The van der Waals surface area contributed by atoms with Crippen LogP contribution in [-0.2, 0) is 17.6 Å². The Labute approximate surface area is 120 Å². The summed E-state index contributed by atoms with van der Waals surface area (Å²) < 4.78 is 0. The molecule has 4 nitrogen and oxygen atoms in total. The Kier molecular flexibility index (Phi) is 3.43. The van der Waals surface area contributed by atoms with E-state index in [-0.39, 0.29) is 5.78 Å². The number of rotatable bonds is 4. The summed E-state index contributed by atoms with van der Waals surface area (Å²) in [6, 6.07) is 11.8. The highest BCUT2D eigenvalue weighted by Crippen LogP contribution is 2.14. The number of ketones is 1. The molecular formula is C15H13N3OS. The molecule has 0 aliphatic carbocycles. The molecule has 2 N–H and O–H groups in total. The van der Waals surface area contributed by atoms with E-state index in [0.717, 1.165) is 22.3 Å². The molecular weight excluding hydrogens is 270 g/mol. The number of para-hydroxylation sites is 1. The van der Waals surface area contributed by atoms with Crippen molar-refractivity contribution in [2.45, 2.75) is 12.8 Å². The molecule has 0 aliphatic rings. The van der Waals surface area contributed by atoms with Gasteiger partial charge in [-0.25, -0.2) is 4.98 Å². The van der Waals surface area contributed by atoms with Gasteiger partial charge in [-0.3, -0.25) is 9.78 Å². The summed E-state index contributed by atoms with van der Waals surface area (Å²) in [6.07, 6.45) is 0.629. The lowest BCUT2D eigenvalue weighted by atomic mass is 10.1. The predicted octanol–water partition coefficient (Wildman–Crippen LogP) is 2.63. The first-order valence-electron chi connectivity index (χ1n) is 6.27. The summed E-state index contributed by atoms with van der Waals surface area (Å²) in [5, 5.41) is 3.40. The molecule has 100 valence electrons. The molecule has 3 aromatic rings. The number of hydrogen-bond acceptors (Lipinski definition) is 5. The van der Waals surface area contributed by atoms with Crippen LogP contribution in [0.4, 0.5) is 5.13 Å². The molecule has 5 heteroatoms. The average Bonchev–Trinajstić information content (AvgIpc) is 2.83. The second-order valence-corrected chi connectivity index (χ2v) is 5.45. The van der Waals surface area contributed by atoms with Crippen molar-refractivity contribution in [3.8, 4) is 0 Å². The van der Waals surface area contributed by atoms with Crippen LogP contribution in [0.25, 0.3) is 10.9 Å². The van der Waals surface area contributed by atoms with Gasteiger partial charge in [0.15, 0.2) is 5.13 Å². The predicted molar refractivity (Wildman–Crippen MR) is 80.7 cm³/mol. The number of nitrogen functional groups attached to an aromatic ring is 1. The van der Waals surface area contributed by atoms with Crippen LogP contribution in [0.2, 0.25) is 0 Å². The van der Waals surface area contributed by atoms with Crippen molar-refractivity contribution in [3.63, 3.8) is 0 Å². The second kappa shape index (κ2) is 5.38. The van der Waals surface area contributed by atoms with Gasteiger partial charge >= 0.3 is 0 Å².